The van der Waals surface area contributed by atoms with E-state index in [1.54, 1.807) is 6.08 Å². The van der Waals surface area contributed by atoms with Gasteiger partial charge in [-0.1, -0.05) is 48.2 Å². The van der Waals surface area contributed by atoms with Gasteiger partial charge in [-0.25, -0.2) is 9.37 Å². The predicted molar refractivity (Wildman–Crippen MR) is 121 cm³/mol. The molecule has 2 aromatic heterocycles. The third kappa shape index (κ3) is 4.13. The number of fused-ring (bicyclic) bond motifs is 1. The molecule has 0 amide bonds. The summed E-state index contributed by atoms with van der Waals surface area (Å²) in [6, 6.07) is 17.1. The van der Waals surface area contributed by atoms with Crippen LogP contribution in [0.15, 0.2) is 83.3 Å². The molecule has 0 aliphatic rings. The number of hydrogen-bond donors (Lipinski definition) is 0. The number of thioether (sulfide) groups is 1. The van der Waals surface area contributed by atoms with E-state index in [-0.39, 0.29) is 17.1 Å². The molecule has 0 fully saturated rings. The second-order valence-corrected chi connectivity index (χ2v) is 8.49. The van der Waals surface area contributed by atoms with Gasteiger partial charge < -0.3 is 0 Å². The fourth-order valence-corrected chi connectivity index (χ4v) is 4.97. The smallest absolute Gasteiger partial charge is 0.263 e. The minimum atomic E-state index is -0.391. The van der Waals surface area contributed by atoms with Crippen molar-refractivity contribution in [1.29, 1.82) is 0 Å². The zero-order chi connectivity index (χ0) is 21.1. The third-order valence-corrected chi connectivity index (χ3v) is 6.54. The number of thiophene rings is 1. The van der Waals surface area contributed by atoms with E-state index in [2.05, 4.69) is 11.6 Å². The second kappa shape index (κ2) is 8.77. The van der Waals surface area contributed by atoms with Crippen molar-refractivity contribution in [2.24, 2.45) is 0 Å². The van der Waals surface area contributed by atoms with E-state index in [1.165, 1.54) is 51.9 Å². The van der Waals surface area contributed by atoms with E-state index in [1.807, 2.05) is 36.4 Å². The first-order valence-electron chi connectivity index (χ1n) is 9.19. The number of halogens is 1. The van der Waals surface area contributed by atoms with Gasteiger partial charge in [-0.15, -0.1) is 17.9 Å². The van der Waals surface area contributed by atoms with Gasteiger partial charge in [0, 0.05) is 17.0 Å². The number of aromatic nitrogens is 2. The number of carbonyl (C=O) groups excluding carboxylic acids is 1. The zero-order valence-corrected chi connectivity index (χ0v) is 17.5. The van der Waals surface area contributed by atoms with Crippen molar-refractivity contribution in [3.8, 4) is 10.4 Å². The van der Waals surface area contributed by atoms with Crippen LogP contribution in [0.1, 0.15) is 10.4 Å². The summed E-state index contributed by atoms with van der Waals surface area (Å²) >= 11 is 2.64. The molecule has 0 radical (unpaired) electrons. The Bertz CT molecular complexity index is 1280. The molecule has 0 unspecified atom stereocenters. The SMILES string of the molecule is C=CCn1c(SCC(=O)c2ccc(F)cc2)nc2sc(-c3ccccc3)cc2c1=O. The Hall–Kier alpha value is -3.03. The van der Waals surface area contributed by atoms with Crippen molar-refractivity contribution in [2.45, 2.75) is 11.7 Å². The highest BCUT2D eigenvalue weighted by atomic mass is 32.2. The lowest BCUT2D eigenvalue weighted by Gasteiger charge is -2.09. The second-order valence-electron chi connectivity index (χ2n) is 6.51. The molecule has 150 valence electrons. The Kier molecular flexibility index (Phi) is 5.92. The molecule has 4 rings (SSSR count). The van der Waals surface area contributed by atoms with Gasteiger partial charge in [-0.05, 0) is 35.9 Å². The molecule has 2 aromatic carbocycles. The van der Waals surface area contributed by atoms with Gasteiger partial charge in [0.15, 0.2) is 10.9 Å². The van der Waals surface area contributed by atoms with Gasteiger partial charge in [0.25, 0.3) is 5.56 Å². The molecule has 4 aromatic rings. The van der Waals surface area contributed by atoms with E-state index in [9.17, 15) is 14.0 Å². The predicted octanol–water partition coefficient (Wildman–Crippen LogP) is 5.43. The average molecular weight is 437 g/mol. The van der Waals surface area contributed by atoms with Crippen molar-refractivity contribution in [1.82, 2.24) is 9.55 Å². The van der Waals surface area contributed by atoms with Crippen molar-refractivity contribution in [3.05, 3.63) is 95.1 Å². The fraction of sp³-hybridized carbons (Fsp3) is 0.0870. The number of allylic oxidation sites excluding steroid dienone is 1. The van der Waals surface area contributed by atoms with Crippen LogP contribution >= 0.6 is 23.1 Å². The molecular weight excluding hydrogens is 419 g/mol. The van der Waals surface area contributed by atoms with E-state index < -0.39 is 5.82 Å². The topological polar surface area (TPSA) is 52.0 Å². The first kappa shape index (κ1) is 20.3. The lowest BCUT2D eigenvalue weighted by atomic mass is 10.1. The summed E-state index contributed by atoms with van der Waals surface area (Å²) in [6.45, 7) is 4.02. The molecule has 0 aliphatic carbocycles. The molecule has 4 nitrogen and oxygen atoms in total. The van der Waals surface area contributed by atoms with E-state index in [0.29, 0.717) is 27.5 Å². The Morgan fingerprint density at radius 2 is 1.90 bits per heavy atom. The van der Waals surface area contributed by atoms with Gasteiger partial charge in [0.1, 0.15) is 10.6 Å². The first-order valence-corrected chi connectivity index (χ1v) is 11.0. The Labute approximate surface area is 180 Å². The number of rotatable bonds is 7. The minimum absolute atomic E-state index is 0.0949. The summed E-state index contributed by atoms with van der Waals surface area (Å²) in [6.07, 6.45) is 1.63. The van der Waals surface area contributed by atoms with Gasteiger partial charge in [0.2, 0.25) is 0 Å². The molecule has 0 spiro atoms. The maximum atomic E-state index is 13.1. The highest BCUT2D eigenvalue weighted by Crippen LogP contribution is 2.32. The Balaban J connectivity index is 1.68. The average Bonchev–Trinajstić information content (AvgIpc) is 3.20. The number of nitrogens with zero attached hydrogens (tertiary/aromatic N) is 2. The van der Waals surface area contributed by atoms with E-state index >= 15 is 0 Å². The number of benzene rings is 2. The van der Waals surface area contributed by atoms with Gasteiger partial charge >= 0.3 is 0 Å². The van der Waals surface area contributed by atoms with Crippen molar-refractivity contribution >= 4 is 39.1 Å². The zero-order valence-electron chi connectivity index (χ0n) is 15.9. The molecule has 30 heavy (non-hydrogen) atoms. The largest absolute Gasteiger partial charge is 0.293 e. The molecule has 0 aliphatic heterocycles. The van der Waals surface area contributed by atoms with Crippen molar-refractivity contribution in [2.75, 3.05) is 5.75 Å². The summed E-state index contributed by atoms with van der Waals surface area (Å²) in [7, 11) is 0. The van der Waals surface area contributed by atoms with E-state index in [4.69, 9.17) is 0 Å². The van der Waals surface area contributed by atoms with Crippen LogP contribution in [0.2, 0.25) is 0 Å². The summed E-state index contributed by atoms with van der Waals surface area (Å²) in [5.41, 5.74) is 1.29. The number of Topliss-reactive ketones (excluding diaryl/α,β-unsaturated/α-hetero) is 1. The maximum absolute atomic E-state index is 13.1. The number of ketones is 1. The van der Waals surface area contributed by atoms with Gasteiger partial charge in [-0.2, -0.15) is 0 Å². The van der Waals surface area contributed by atoms with Crippen LogP contribution in [0.5, 0.6) is 0 Å². The summed E-state index contributed by atoms with van der Waals surface area (Å²) in [5, 5.41) is 1.01. The van der Waals surface area contributed by atoms with Gasteiger partial charge in [0.05, 0.1) is 11.1 Å². The Morgan fingerprint density at radius 1 is 1.17 bits per heavy atom. The highest BCUT2D eigenvalue weighted by molar-refractivity contribution is 7.99. The number of hydrogen-bond acceptors (Lipinski definition) is 5. The Morgan fingerprint density at radius 3 is 2.60 bits per heavy atom. The monoisotopic (exact) mass is 436 g/mol. The summed E-state index contributed by atoms with van der Waals surface area (Å²) < 4.78 is 14.6. The van der Waals surface area contributed by atoms with Crippen LogP contribution in [0.25, 0.3) is 20.7 Å². The quantitative estimate of drug-likeness (QED) is 0.168. The van der Waals surface area contributed by atoms with Crippen LogP contribution in [0, 0.1) is 5.82 Å². The number of carbonyl (C=O) groups is 1. The van der Waals surface area contributed by atoms with E-state index in [0.717, 1.165) is 10.4 Å². The molecule has 0 saturated heterocycles. The van der Waals surface area contributed by atoms with Crippen LogP contribution in [0.3, 0.4) is 0 Å². The van der Waals surface area contributed by atoms with Crippen molar-refractivity contribution < 1.29 is 9.18 Å². The maximum Gasteiger partial charge on any atom is 0.263 e. The van der Waals surface area contributed by atoms with Crippen LogP contribution < -0.4 is 5.56 Å². The van der Waals surface area contributed by atoms with Gasteiger partial charge in [-0.3, -0.25) is 14.2 Å². The minimum Gasteiger partial charge on any atom is -0.293 e. The fourth-order valence-electron chi connectivity index (χ4n) is 2.99. The lowest BCUT2D eigenvalue weighted by molar-refractivity contribution is 0.102. The molecule has 0 atom stereocenters. The third-order valence-electron chi connectivity index (χ3n) is 4.48. The summed E-state index contributed by atoms with van der Waals surface area (Å²) in [4.78, 5) is 31.8. The van der Waals surface area contributed by atoms with Crippen LogP contribution in [0.4, 0.5) is 4.39 Å². The molecule has 0 saturated carbocycles. The normalized spacial score (nSPS) is 11.0. The lowest BCUT2D eigenvalue weighted by Crippen LogP contribution is -2.22. The van der Waals surface area contributed by atoms with Crippen molar-refractivity contribution in [3.63, 3.8) is 0 Å². The molecule has 2 heterocycles. The molecular formula is C23H17FN2O2S2. The molecule has 0 bridgehead atoms. The molecule has 0 N–H and O–H groups in total. The first-order chi connectivity index (χ1) is 14.6. The summed E-state index contributed by atoms with van der Waals surface area (Å²) in [5.74, 6) is -0.453. The standard InChI is InChI=1S/C23H17FN2O2S2/c1-2-12-26-22(28)18-13-20(16-6-4-3-5-7-16)30-21(18)25-23(26)29-14-19(27)15-8-10-17(24)11-9-15/h2-11,13H,1,12,14H2. The highest BCUT2D eigenvalue weighted by Gasteiger charge is 2.16. The van der Waals surface area contributed by atoms with Crippen LogP contribution in [-0.2, 0) is 6.54 Å². The van der Waals surface area contributed by atoms with Crippen LogP contribution in [-0.4, -0.2) is 21.1 Å². The molecule has 7 heteroatoms.